The lowest BCUT2D eigenvalue weighted by Gasteiger charge is -2.19. The second-order valence-electron chi connectivity index (χ2n) is 11.9. The topological polar surface area (TPSA) is 57.4 Å². The van der Waals surface area contributed by atoms with Crippen LogP contribution in [0.5, 0.6) is 0 Å². The van der Waals surface area contributed by atoms with Crippen molar-refractivity contribution in [3.05, 3.63) is 169 Å². The molecule has 222 valence electrons. The normalized spacial score (nSPS) is 11.3. The number of hydrogen-bond donors (Lipinski definition) is 0. The van der Waals surface area contributed by atoms with Gasteiger partial charge in [0, 0.05) is 32.7 Å². The third-order valence-corrected chi connectivity index (χ3v) is 9.44. The van der Waals surface area contributed by atoms with Crippen molar-refractivity contribution in [2.24, 2.45) is 0 Å². The van der Waals surface area contributed by atoms with Crippen LogP contribution in [0.4, 0.5) is 0 Å². The number of aromatic nitrogens is 2. The smallest absolute Gasteiger partial charge is 0.102 e. The first-order valence-electron chi connectivity index (χ1n) is 15.9. The molecule has 0 amide bonds. The number of nitrogens with zero attached hydrogens (tertiary/aromatic N) is 4. The third kappa shape index (κ3) is 3.94. The quantitative estimate of drug-likeness (QED) is 0.199. The molecule has 0 aliphatic rings. The maximum absolute atomic E-state index is 10.9. The standard InChI is InChI=1S/C44H26N4/c45-27-29-13-11-21-37(44(29)48-41-24-9-5-18-35(41)36-19-6-10-25-42(36)48)31-15-2-1-14-30(31)32-20-12-26-43(38(32)28-46)47-39-22-7-3-16-33(39)34-17-4-8-23-40(34)47/h1-26H. The van der Waals surface area contributed by atoms with Gasteiger partial charge in [0.15, 0.2) is 0 Å². The molecule has 0 N–H and O–H groups in total. The van der Waals surface area contributed by atoms with Gasteiger partial charge < -0.3 is 9.13 Å². The highest BCUT2D eigenvalue weighted by molar-refractivity contribution is 6.11. The summed E-state index contributed by atoms with van der Waals surface area (Å²) in [6.07, 6.45) is 0. The minimum absolute atomic E-state index is 0.577. The first-order chi connectivity index (χ1) is 23.8. The van der Waals surface area contributed by atoms with Gasteiger partial charge in [0.1, 0.15) is 12.1 Å². The van der Waals surface area contributed by atoms with E-state index in [9.17, 15) is 10.5 Å². The number of benzene rings is 7. The van der Waals surface area contributed by atoms with Crippen molar-refractivity contribution in [1.82, 2.24) is 9.13 Å². The van der Waals surface area contributed by atoms with Gasteiger partial charge in [-0.15, -0.1) is 0 Å². The Balaban J connectivity index is 1.34. The molecule has 4 nitrogen and oxygen atoms in total. The van der Waals surface area contributed by atoms with Crippen molar-refractivity contribution in [3.8, 4) is 45.8 Å². The van der Waals surface area contributed by atoms with Crippen LogP contribution in [0.3, 0.4) is 0 Å². The average Bonchev–Trinajstić information content (AvgIpc) is 3.67. The van der Waals surface area contributed by atoms with E-state index >= 15 is 0 Å². The molecule has 0 atom stereocenters. The Bertz CT molecular complexity index is 2710. The Hall–Kier alpha value is -6.88. The Morgan fingerprint density at radius 3 is 1.29 bits per heavy atom. The Morgan fingerprint density at radius 2 is 0.771 bits per heavy atom. The summed E-state index contributed by atoms with van der Waals surface area (Å²) in [4.78, 5) is 0. The second-order valence-corrected chi connectivity index (χ2v) is 11.9. The predicted molar refractivity (Wildman–Crippen MR) is 195 cm³/mol. The molecule has 0 saturated carbocycles. The summed E-state index contributed by atoms with van der Waals surface area (Å²) in [5.74, 6) is 0. The molecule has 48 heavy (non-hydrogen) atoms. The van der Waals surface area contributed by atoms with E-state index in [1.807, 2.05) is 66.7 Å². The second kappa shape index (κ2) is 10.9. The Labute approximate surface area is 277 Å². The van der Waals surface area contributed by atoms with E-state index in [-0.39, 0.29) is 0 Å². The minimum Gasteiger partial charge on any atom is -0.308 e. The molecule has 0 radical (unpaired) electrons. The average molecular weight is 611 g/mol. The van der Waals surface area contributed by atoms with E-state index in [1.54, 1.807) is 0 Å². The van der Waals surface area contributed by atoms with Crippen molar-refractivity contribution in [2.75, 3.05) is 0 Å². The largest absolute Gasteiger partial charge is 0.308 e. The monoisotopic (exact) mass is 610 g/mol. The lowest BCUT2D eigenvalue weighted by Crippen LogP contribution is -2.02. The van der Waals surface area contributed by atoms with E-state index in [0.717, 1.165) is 77.2 Å². The molecule has 4 heteroatoms. The van der Waals surface area contributed by atoms with Gasteiger partial charge in [-0.2, -0.15) is 10.5 Å². The Morgan fingerprint density at radius 1 is 0.354 bits per heavy atom. The molecule has 9 rings (SSSR count). The summed E-state index contributed by atoms with van der Waals surface area (Å²) in [6.45, 7) is 0. The highest BCUT2D eigenvalue weighted by atomic mass is 15.0. The highest BCUT2D eigenvalue weighted by Crippen LogP contribution is 2.43. The lowest BCUT2D eigenvalue weighted by molar-refractivity contribution is 1.17. The van der Waals surface area contributed by atoms with Crippen LogP contribution in [0.1, 0.15) is 11.1 Å². The van der Waals surface area contributed by atoms with E-state index < -0.39 is 0 Å². The van der Waals surface area contributed by atoms with Crippen molar-refractivity contribution in [1.29, 1.82) is 10.5 Å². The molecule has 0 bridgehead atoms. The van der Waals surface area contributed by atoms with Gasteiger partial charge >= 0.3 is 0 Å². The van der Waals surface area contributed by atoms with Crippen LogP contribution in [0.25, 0.3) is 77.2 Å². The van der Waals surface area contributed by atoms with Crippen LogP contribution in [0.2, 0.25) is 0 Å². The van der Waals surface area contributed by atoms with Gasteiger partial charge in [-0.25, -0.2) is 0 Å². The fourth-order valence-corrected chi connectivity index (χ4v) is 7.46. The maximum Gasteiger partial charge on any atom is 0.102 e. The zero-order valence-corrected chi connectivity index (χ0v) is 25.8. The fraction of sp³-hybridized carbons (Fsp3) is 0. The molecule has 0 aliphatic heterocycles. The molecule has 7 aromatic carbocycles. The van der Waals surface area contributed by atoms with Gasteiger partial charge in [0.05, 0.1) is 44.6 Å². The number of para-hydroxylation sites is 5. The summed E-state index contributed by atoms with van der Waals surface area (Å²) < 4.78 is 4.42. The minimum atomic E-state index is 0.577. The molecule has 0 fully saturated rings. The SMILES string of the molecule is N#Cc1cccc(-c2ccccc2-c2cccc(-n3c4ccccc4c4ccccc43)c2C#N)c1-n1c2ccccc2c2ccccc21. The van der Waals surface area contributed by atoms with Crippen LogP contribution < -0.4 is 0 Å². The van der Waals surface area contributed by atoms with Gasteiger partial charge in [0.25, 0.3) is 0 Å². The summed E-state index contributed by atoms with van der Waals surface area (Å²) in [5.41, 5.74) is 10.6. The van der Waals surface area contributed by atoms with Crippen LogP contribution in [0, 0.1) is 22.7 Å². The summed E-state index contributed by atoms with van der Waals surface area (Å²) in [5, 5.41) is 25.9. The first-order valence-corrected chi connectivity index (χ1v) is 15.9. The van der Waals surface area contributed by atoms with Crippen LogP contribution >= 0.6 is 0 Å². The highest BCUT2D eigenvalue weighted by Gasteiger charge is 2.22. The van der Waals surface area contributed by atoms with Crippen molar-refractivity contribution < 1.29 is 0 Å². The van der Waals surface area contributed by atoms with Crippen molar-refractivity contribution in [3.63, 3.8) is 0 Å². The number of hydrogen-bond acceptors (Lipinski definition) is 2. The predicted octanol–water partition coefficient (Wildman–Crippen LogP) is 11.0. The fourth-order valence-electron chi connectivity index (χ4n) is 7.46. The third-order valence-electron chi connectivity index (χ3n) is 9.44. The van der Waals surface area contributed by atoms with E-state index in [0.29, 0.717) is 11.1 Å². The molecular formula is C44H26N4. The molecule has 0 aliphatic carbocycles. The maximum atomic E-state index is 10.9. The summed E-state index contributed by atoms with van der Waals surface area (Å²) in [6, 6.07) is 58.7. The van der Waals surface area contributed by atoms with Gasteiger partial charge in [-0.1, -0.05) is 121 Å². The summed E-state index contributed by atoms with van der Waals surface area (Å²) >= 11 is 0. The molecular weight excluding hydrogens is 585 g/mol. The molecule has 9 aromatic rings. The van der Waals surface area contributed by atoms with Crippen LogP contribution in [-0.4, -0.2) is 9.13 Å². The molecule has 0 saturated heterocycles. The van der Waals surface area contributed by atoms with Gasteiger partial charge in [0.2, 0.25) is 0 Å². The first kappa shape index (κ1) is 27.4. The van der Waals surface area contributed by atoms with E-state index in [4.69, 9.17) is 0 Å². The zero-order chi connectivity index (χ0) is 32.2. The van der Waals surface area contributed by atoms with Crippen molar-refractivity contribution >= 4 is 43.6 Å². The molecule has 2 aromatic heterocycles. The Kier molecular flexibility index (Phi) is 6.22. The van der Waals surface area contributed by atoms with Gasteiger partial charge in [-0.3, -0.25) is 0 Å². The van der Waals surface area contributed by atoms with Crippen LogP contribution in [0.15, 0.2) is 158 Å². The summed E-state index contributed by atoms with van der Waals surface area (Å²) in [7, 11) is 0. The van der Waals surface area contributed by atoms with E-state index in [2.05, 4.69) is 112 Å². The molecule has 2 heterocycles. The zero-order valence-electron chi connectivity index (χ0n) is 25.8. The molecule has 0 unspecified atom stereocenters. The van der Waals surface area contributed by atoms with Gasteiger partial charge in [-0.05, 0) is 47.5 Å². The van der Waals surface area contributed by atoms with Crippen LogP contribution in [-0.2, 0) is 0 Å². The van der Waals surface area contributed by atoms with Crippen molar-refractivity contribution in [2.45, 2.75) is 0 Å². The molecule has 0 spiro atoms. The number of rotatable bonds is 4. The lowest BCUT2D eigenvalue weighted by atomic mass is 9.89. The van der Waals surface area contributed by atoms with E-state index in [1.165, 1.54) is 0 Å². The number of fused-ring (bicyclic) bond motifs is 6. The number of nitriles is 2.